The monoisotopic (exact) mass is 359 g/mol. The van der Waals surface area contributed by atoms with Gasteiger partial charge in [-0.1, -0.05) is 6.92 Å². The Morgan fingerprint density at radius 3 is 2.31 bits per heavy atom. The van der Waals surface area contributed by atoms with Crippen molar-refractivity contribution in [1.29, 1.82) is 0 Å². The molecule has 0 saturated carbocycles. The molecule has 2 aliphatic rings. The minimum absolute atomic E-state index is 0.223. The summed E-state index contributed by atoms with van der Waals surface area (Å²) in [4.78, 5) is 31.1. The van der Waals surface area contributed by atoms with Crippen molar-refractivity contribution in [3.8, 4) is 5.75 Å². The number of methoxy groups -OCH3 is 1. The van der Waals surface area contributed by atoms with Gasteiger partial charge in [-0.05, 0) is 49.9 Å². The molecule has 26 heavy (non-hydrogen) atoms. The van der Waals surface area contributed by atoms with E-state index in [4.69, 9.17) is 4.74 Å². The SMILES string of the molecule is CCC1CCCCN1C(=O)C(=O)N1CCN(c2ccc(OC)cc2)CC1. The second kappa shape index (κ2) is 8.43. The van der Waals surface area contributed by atoms with Crippen molar-refractivity contribution in [2.75, 3.05) is 44.7 Å². The number of benzene rings is 1. The van der Waals surface area contributed by atoms with Gasteiger partial charge in [0.1, 0.15) is 5.75 Å². The Morgan fingerprint density at radius 1 is 1.00 bits per heavy atom. The summed E-state index contributed by atoms with van der Waals surface area (Å²) in [5, 5.41) is 0. The van der Waals surface area contributed by atoms with Crippen LogP contribution < -0.4 is 9.64 Å². The van der Waals surface area contributed by atoms with Crippen LogP contribution in [0.1, 0.15) is 32.6 Å². The number of carbonyl (C=O) groups is 2. The fourth-order valence-corrected chi connectivity index (χ4v) is 3.91. The Balaban J connectivity index is 1.56. The number of nitrogens with zero attached hydrogens (tertiary/aromatic N) is 3. The number of amides is 2. The molecule has 6 nitrogen and oxygen atoms in total. The molecule has 2 saturated heterocycles. The van der Waals surface area contributed by atoms with Gasteiger partial charge in [-0.25, -0.2) is 0 Å². The molecule has 142 valence electrons. The van der Waals surface area contributed by atoms with E-state index in [0.29, 0.717) is 13.1 Å². The number of piperidine rings is 1. The van der Waals surface area contributed by atoms with Gasteiger partial charge in [0.05, 0.1) is 7.11 Å². The topological polar surface area (TPSA) is 53.1 Å². The highest BCUT2D eigenvalue weighted by molar-refractivity contribution is 6.35. The van der Waals surface area contributed by atoms with Gasteiger partial charge in [-0.15, -0.1) is 0 Å². The van der Waals surface area contributed by atoms with E-state index < -0.39 is 0 Å². The Hall–Kier alpha value is -2.24. The lowest BCUT2D eigenvalue weighted by atomic mass is 10.00. The molecule has 1 aromatic rings. The van der Waals surface area contributed by atoms with Crippen LogP contribution in [-0.4, -0.2) is 67.5 Å². The molecule has 0 N–H and O–H groups in total. The molecule has 1 atom stereocenters. The first-order chi connectivity index (χ1) is 12.6. The lowest BCUT2D eigenvalue weighted by Crippen LogP contribution is -2.55. The zero-order valence-electron chi connectivity index (χ0n) is 15.8. The Kier molecular flexibility index (Phi) is 6.01. The molecule has 0 aromatic heterocycles. The van der Waals surface area contributed by atoms with Gasteiger partial charge in [-0.2, -0.15) is 0 Å². The van der Waals surface area contributed by atoms with Gasteiger partial charge in [0.25, 0.3) is 0 Å². The molecule has 3 rings (SSSR count). The van der Waals surface area contributed by atoms with Crippen molar-refractivity contribution in [2.45, 2.75) is 38.6 Å². The molecule has 0 bridgehead atoms. The molecule has 0 spiro atoms. The molecule has 1 aromatic carbocycles. The van der Waals surface area contributed by atoms with Crippen molar-refractivity contribution < 1.29 is 14.3 Å². The Morgan fingerprint density at radius 2 is 1.69 bits per heavy atom. The summed E-state index contributed by atoms with van der Waals surface area (Å²) in [6, 6.07) is 8.16. The maximum atomic E-state index is 12.7. The molecule has 0 radical (unpaired) electrons. The highest BCUT2D eigenvalue weighted by Crippen LogP contribution is 2.22. The van der Waals surface area contributed by atoms with Crippen molar-refractivity contribution in [3.63, 3.8) is 0 Å². The number of likely N-dealkylation sites (tertiary alicyclic amines) is 1. The van der Waals surface area contributed by atoms with Crippen molar-refractivity contribution in [1.82, 2.24) is 9.80 Å². The van der Waals surface area contributed by atoms with E-state index in [-0.39, 0.29) is 17.9 Å². The van der Waals surface area contributed by atoms with Gasteiger partial charge in [-0.3, -0.25) is 9.59 Å². The number of rotatable bonds is 3. The smallest absolute Gasteiger partial charge is 0.312 e. The van der Waals surface area contributed by atoms with Gasteiger partial charge < -0.3 is 19.4 Å². The molecule has 2 aliphatic heterocycles. The van der Waals surface area contributed by atoms with Crippen LogP contribution >= 0.6 is 0 Å². The second-order valence-electron chi connectivity index (χ2n) is 7.03. The molecule has 1 unspecified atom stereocenters. The van der Waals surface area contributed by atoms with E-state index in [0.717, 1.165) is 56.8 Å². The van der Waals surface area contributed by atoms with Crippen LogP contribution in [-0.2, 0) is 9.59 Å². The molecular formula is C20H29N3O3. The number of hydrogen-bond acceptors (Lipinski definition) is 4. The summed E-state index contributed by atoms with van der Waals surface area (Å²) >= 11 is 0. The largest absolute Gasteiger partial charge is 0.497 e. The highest BCUT2D eigenvalue weighted by atomic mass is 16.5. The standard InChI is InChI=1S/C20H29N3O3/c1-3-16-6-4-5-11-23(16)20(25)19(24)22-14-12-21(13-15-22)17-7-9-18(26-2)10-8-17/h7-10,16H,3-6,11-15H2,1-2H3. The first kappa shape index (κ1) is 18.5. The number of ether oxygens (including phenoxy) is 1. The molecule has 2 heterocycles. The number of hydrogen-bond donors (Lipinski definition) is 0. The average Bonchev–Trinajstić information content (AvgIpc) is 2.73. The first-order valence-electron chi connectivity index (χ1n) is 9.63. The summed E-state index contributed by atoms with van der Waals surface area (Å²) in [6.07, 6.45) is 4.09. The Labute approximate surface area is 155 Å². The summed E-state index contributed by atoms with van der Waals surface area (Å²) in [5.41, 5.74) is 1.12. The predicted octanol–water partition coefficient (Wildman–Crippen LogP) is 2.13. The number of carbonyl (C=O) groups excluding carboxylic acids is 2. The summed E-state index contributed by atoms with van der Waals surface area (Å²) in [6.45, 7) is 5.46. The van der Waals surface area contributed by atoms with E-state index in [1.807, 2.05) is 29.2 Å². The number of anilines is 1. The first-order valence-corrected chi connectivity index (χ1v) is 9.63. The lowest BCUT2D eigenvalue weighted by molar-refractivity contribution is -0.154. The summed E-state index contributed by atoms with van der Waals surface area (Å²) in [7, 11) is 1.65. The zero-order chi connectivity index (χ0) is 18.5. The van der Waals surface area contributed by atoms with E-state index >= 15 is 0 Å². The van der Waals surface area contributed by atoms with Gasteiger partial charge >= 0.3 is 11.8 Å². The van der Waals surface area contributed by atoms with E-state index in [1.165, 1.54) is 0 Å². The molecule has 0 aliphatic carbocycles. The minimum Gasteiger partial charge on any atom is -0.497 e. The second-order valence-corrected chi connectivity index (χ2v) is 7.03. The zero-order valence-corrected chi connectivity index (χ0v) is 15.8. The molecular weight excluding hydrogens is 330 g/mol. The molecule has 6 heteroatoms. The van der Waals surface area contributed by atoms with E-state index in [1.54, 1.807) is 12.0 Å². The normalized spacial score (nSPS) is 20.8. The fraction of sp³-hybridized carbons (Fsp3) is 0.600. The van der Waals surface area contributed by atoms with Crippen LogP contribution in [0, 0.1) is 0 Å². The Bertz CT molecular complexity index is 624. The van der Waals surface area contributed by atoms with Crippen LogP contribution in [0.15, 0.2) is 24.3 Å². The van der Waals surface area contributed by atoms with Crippen LogP contribution in [0.3, 0.4) is 0 Å². The van der Waals surface area contributed by atoms with Crippen LogP contribution in [0.5, 0.6) is 5.75 Å². The van der Waals surface area contributed by atoms with Gasteiger partial charge in [0.15, 0.2) is 0 Å². The minimum atomic E-state index is -0.334. The highest BCUT2D eigenvalue weighted by Gasteiger charge is 2.33. The third-order valence-electron chi connectivity index (χ3n) is 5.55. The summed E-state index contributed by atoms with van der Waals surface area (Å²) < 4.78 is 5.19. The molecule has 2 amide bonds. The quantitative estimate of drug-likeness (QED) is 0.776. The van der Waals surface area contributed by atoms with Crippen molar-refractivity contribution in [3.05, 3.63) is 24.3 Å². The van der Waals surface area contributed by atoms with E-state index in [9.17, 15) is 9.59 Å². The van der Waals surface area contributed by atoms with Crippen LogP contribution in [0.4, 0.5) is 5.69 Å². The van der Waals surface area contributed by atoms with Crippen LogP contribution in [0.25, 0.3) is 0 Å². The average molecular weight is 359 g/mol. The predicted molar refractivity (Wildman–Crippen MR) is 101 cm³/mol. The van der Waals surface area contributed by atoms with Crippen LogP contribution in [0.2, 0.25) is 0 Å². The lowest BCUT2D eigenvalue weighted by Gasteiger charge is -2.39. The van der Waals surface area contributed by atoms with E-state index in [2.05, 4.69) is 11.8 Å². The number of piperazine rings is 1. The third-order valence-corrected chi connectivity index (χ3v) is 5.55. The maximum absolute atomic E-state index is 12.7. The molecule has 2 fully saturated rings. The van der Waals surface area contributed by atoms with Crippen molar-refractivity contribution in [2.24, 2.45) is 0 Å². The van der Waals surface area contributed by atoms with Gasteiger partial charge in [0, 0.05) is 44.5 Å². The maximum Gasteiger partial charge on any atom is 0.312 e. The summed E-state index contributed by atoms with van der Waals surface area (Å²) in [5.74, 6) is 0.189. The van der Waals surface area contributed by atoms with Crippen molar-refractivity contribution >= 4 is 17.5 Å². The fourth-order valence-electron chi connectivity index (χ4n) is 3.91. The third kappa shape index (κ3) is 3.94. The van der Waals surface area contributed by atoms with Gasteiger partial charge in [0.2, 0.25) is 0 Å².